The van der Waals surface area contributed by atoms with E-state index in [0.717, 1.165) is 13.2 Å². The van der Waals surface area contributed by atoms with Crippen molar-refractivity contribution < 1.29 is 23.8 Å². The van der Waals surface area contributed by atoms with Gasteiger partial charge in [0.15, 0.2) is 11.5 Å². The average molecular weight is 215 g/mol. The fourth-order valence-corrected chi connectivity index (χ4v) is 1.15. The largest absolute Gasteiger partial charge is 0.504 e. The molecule has 0 heterocycles. The van der Waals surface area contributed by atoms with Crippen LogP contribution in [-0.2, 0) is 4.74 Å². The second-order valence-electron chi connectivity index (χ2n) is 2.70. The first kappa shape index (κ1) is 11.1. The van der Waals surface area contributed by atoms with Crippen molar-refractivity contribution in [2.45, 2.75) is 0 Å². The normalized spacial score (nSPS) is 9.80. The molecular weight excluding hydrogens is 205 g/mol. The van der Waals surface area contributed by atoms with Crippen LogP contribution in [0.5, 0.6) is 11.5 Å². The molecule has 0 bridgehead atoms. The molecule has 0 saturated heterocycles. The number of anilines is 1. The lowest BCUT2D eigenvalue weighted by atomic mass is 10.1. The first-order valence-corrected chi connectivity index (χ1v) is 3.96. The van der Waals surface area contributed by atoms with Gasteiger partial charge in [0.25, 0.3) is 0 Å². The van der Waals surface area contributed by atoms with E-state index in [1.54, 1.807) is 0 Å². The third kappa shape index (κ3) is 1.78. The molecule has 0 saturated carbocycles. The number of ether oxygens (including phenoxy) is 2. The predicted octanol–water partition coefficient (Wildman–Crippen LogP) is 0.909. The lowest BCUT2D eigenvalue weighted by Crippen LogP contribution is -2.07. The Labute approximate surface area is 85.2 Å². The lowest BCUT2D eigenvalue weighted by Gasteiger charge is -2.10. The van der Waals surface area contributed by atoms with Crippen molar-refractivity contribution in [1.82, 2.24) is 0 Å². The van der Waals surface area contributed by atoms with E-state index in [0.29, 0.717) is 0 Å². The molecule has 1 rings (SSSR count). The van der Waals surface area contributed by atoms with E-state index in [9.17, 15) is 14.3 Å². The molecule has 82 valence electrons. The minimum absolute atomic E-state index is 0.0971. The number of hydrogen-bond donors (Lipinski definition) is 2. The molecule has 0 radical (unpaired) electrons. The summed E-state index contributed by atoms with van der Waals surface area (Å²) in [4.78, 5) is 11.1. The second kappa shape index (κ2) is 4.04. The summed E-state index contributed by atoms with van der Waals surface area (Å²) >= 11 is 0. The van der Waals surface area contributed by atoms with Crippen LogP contribution in [0, 0.1) is 5.82 Å². The monoisotopic (exact) mass is 215 g/mol. The maximum absolute atomic E-state index is 13.3. The van der Waals surface area contributed by atoms with E-state index < -0.39 is 23.1 Å². The molecule has 0 aromatic heterocycles. The maximum Gasteiger partial charge on any atom is 0.344 e. The van der Waals surface area contributed by atoms with Gasteiger partial charge in [0.1, 0.15) is 11.4 Å². The summed E-state index contributed by atoms with van der Waals surface area (Å²) in [6.07, 6.45) is 0. The van der Waals surface area contributed by atoms with Crippen LogP contribution in [0.2, 0.25) is 0 Å². The number of rotatable bonds is 2. The van der Waals surface area contributed by atoms with Crippen molar-refractivity contribution in [3.8, 4) is 11.5 Å². The quantitative estimate of drug-likeness (QED) is 0.566. The number of phenols is 1. The van der Waals surface area contributed by atoms with E-state index in [1.165, 1.54) is 7.11 Å². The molecule has 15 heavy (non-hydrogen) atoms. The molecule has 0 aliphatic carbocycles. The van der Waals surface area contributed by atoms with Crippen molar-refractivity contribution in [1.29, 1.82) is 0 Å². The van der Waals surface area contributed by atoms with Crippen molar-refractivity contribution in [3.05, 3.63) is 17.4 Å². The van der Waals surface area contributed by atoms with Gasteiger partial charge in [-0.15, -0.1) is 0 Å². The molecule has 0 atom stereocenters. The highest BCUT2D eigenvalue weighted by Gasteiger charge is 2.23. The van der Waals surface area contributed by atoms with Crippen LogP contribution in [0.15, 0.2) is 6.07 Å². The highest BCUT2D eigenvalue weighted by atomic mass is 19.1. The van der Waals surface area contributed by atoms with Gasteiger partial charge in [0, 0.05) is 6.07 Å². The van der Waals surface area contributed by atoms with Gasteiger partial charge in [0.05, 0.1) is 19.9 Å². The van der Waals surface area contributed by atoms with Crippen molar-refractivity contribution in [3.63, 3.8) is 0 Å². The zero-order valence-corrected chi connectivity index (χ0v) is 8.20. The Morgan fingerprint density at radius 1 is 1.53 bits per heavy atom. The first-order chi connectivity index (χ1) is 7.02. The summed E-state index contributed by atoms with van der Waals surface area (Å²) in [5, 5.41) is 9.51. The minimum atomic E-state index is -0.997. The van der Waals surface area contributed by atoms with Crippen LogP contribution >= 0.6 is 0 Å². The molecule has 1 aromatic rings. The molecule has 5 nitrogen and oxygen atoms in total. The molecule has 0 fully saturated rings. The Morgan fingerprint density at radius 3 is 2.60 bits per heavy atom. The summed E-state index contributed by atoms with van der Waals surface area (Å²) in [7, 11) is 2.31. The summed E-state index contributed by atoms with van der Waals surface area (Å²) in [6, 6.07) is 0.880. The third-order valence-electron chi connectivity index (χ3n) is 1.83. The maximum atomic E-state index is 13.3. The van der Waals surface area contributed by atoms with E-state index in [1.807, 2.05) is 0 Å². The van der Waals surface area contributed by atoms with Crippen LogP contribution in [0.3, 0.4) is 0 Å². The molecule has 0 amide bonds. The zero-order valence-electron chi connectivity index (χ0n) is 8.20. The molecule has 0 aliphatic heterocycles. The number of methoxy groups -OCH3 is 2. The van der Waals surface area contributed by atoms with Gasteiger partial charge in [-0.3, -0.25) is 0 Å². The van der Waals surface area contributed by atoms with Gasteiger partial charge in [-0.1, -0.05) is 0 Å². The number of nitrogen functional groups attached to an aromatic ring is 1. The van der Waals surface area contributed by atoms with Crippen molar-refractivity contribution in [2.75, 3.05) is 20.0 Å². The van der Waals surface area contributed by atoms with Crippen LogP contribution in [0.1, 0.15) is 10.4 Å². The average Bonchev–Trinajstić information content (AvgIpc) is 2.17. The predicted molar refractivity (Wildman–Crippen MR) is 50.4 cm³/mol. The molecule has 0 aliphatic rings. The Morgan fingerprint density at radius 2 is 2.13 bits per heavy atom. The van der Waals surface area contributed by atoms with E-state index in [-0.39, 0.29) is 11.4 Å². The van der Waals surface area contributed by atoms with Gasteiger partial charge in [0.2, 0.25) is 0 Å². The number of phenolic OH excluding ortho intramolecular Hbond substituents is 1. The topological polar surface area (TPSA) is 81.8 Å². The number of benzene rings is 1. The third-order valence-corrected chi connectivity index (χ3v) is 1.83. The highest BCUT2D eigenvalue weighted by molar-refractivity contribution is 5.94. The van der Waals surface area contributed by atoms with Gasteiger partial charge in [-0.25, -0.2) is 9.18 Å². The number of halogens is 1. The fourth-order valence-electron chi connectivity index (χ4n) is 1.15. The summed E-state index contributed by atoms with van der Waals surface area (Å²) in [5.74, 6) is -2.78. The second-order valence-corrected chi connectivity index (χ2v) is 2.70. The molecular formula is C9H10FNO4. The fraction of sp³-hybridized carbons (Fsp3) is 0.222. The van der Waals surface area contributed by atoms with Gasteiger partial charge in [-0.2, -0.15) is 0 Å². The van der Waals surface area contributed by atoms with Crippen LogP contribution < -0.4 is 10.5 Å². The van der Waals surface area contributed by atoms with Crippen LogP contribution in [0.4, 0.5) is 10.1 Å². The molecule has 3 N–H and O–H groups in total. The molecule has 6 heteroatoms. The minimum Gasteiger partial charge on any atom is -0.504 e. The SMILES string of the molecule is COC(=O)c1c(F)cc(N)c(OC)c1O. The van der Waals surface area contributed by atoms with Gasteiger partial charge >= 0.3 is 5.97 Å². The van der Waals surface area contributed by atoms with Crippen LogP contribution in [-0.4, -0.2) is 25.3 Å². The summed E-state index contributed by atoms with van der Waals surface area (Å²) in [6.45, 7) is 0. The van der Waals surface area contributed by atoms with Gasteiger partial charge in [-0.05, 0) is 0 Å². The number of aromatic hydroxyl groups is 1. The van der Waals surface area contributed by atoms with E-state index in [4.69, 9.17) is 10.5 Å². The summed E-state index contributed by atoms with van der Waals surface area (Å²) < 4.78 is 22.3. The molecule has 1 aromatic carbocycles. The zero-order chi connectivity index (χ0) is 11.6. The van der Waals surface area contributed by atoms with Crippen molar-refractivity contribution in [2.24, 2.45) is 0 Å². The number of carbonyl (C=O) groups excluding carboxylic acids is 1. The number of hydrogen-bond acceptors (Lipinski definition) is 5. The number of nitrogens with two attached hydrogens (primary N) is 1. The Bertz CT molecular complexity index is 406. The standard InChI is InChI=1S/C9H10FNO4/c1-14-8-5(11)3-4(10)6(7(8)12)9(13)15-2/h3,12H,11H2,1-2H3. The van der Waals surface area contributed by atoms with Gasteiger partial charge < -0.3 is 20.3 Å². The Kier molecular flexibility index (Phi) is 2.99. The summed E-state index contributed by atoms with van der Waals surface area (Å²) in [5.41, 5.74) is 4.68. The Balaban J connectivity index is 3.45. The lowest BCUT2D eigenvalue weighted by molar-refractivity contribution is 0.0591. The first-order valence-electron chi connectivity index (χ1n) is 3.96. The van der Waals surface area contributed by atoms with Crippen LogP contribution in [0.25, 0.3) is 0 Å². The number of carbonyl (C=O) groups is 1. The smallest absolute Gasteiger partial charge is 0.344 e. The highest BCUT2D eigenvalue weighted by Crippen LogP contribution is 2.37. The van der Waals surface area contributed by atoms with E-state index in [2.05, 4.69) is 4.74 Å². The molecule has 0 unspecified atom stereocenters. The van der Waals surface area contributed by atoms with E-state index >= 15 is 0 Å². The van der Waals surface area contributed by atoms with Crippen molar-refractivity contribution >= 4 is 11.7 Å². The molecule has 0 spiro atoms. The Hall–Kier alpha value is -1.98. The number of esters is 1.